The number of fused-ring (bicyclic) bond motifs is 3. The van der Waals surface area contributed by atoms with Crippen LogP contribution in [0.4, 0.5) is 5.82 Å². The molecule has 0 spiro atoms. The zero-order valence-corrected chi connectivity index (χ0v) is 16.8. The van der Waals surface area contributed by atoms with Crippen LogP contribution in [0.1, 0.15) is 11.1 Å². The zero-order valence-electron chi connectivity index (χ0n) is 14.5. The van der Waals surface area contributed by atoms with Crippen molar-refractivity contribution in [3.63, 3.8) is 0 Å². The molecule has 0 aliphatic carbocycles. The Kier molecular flexibility index (Phi) is 4.58. The fourth-order valence-electron chi connectivity index (χ4n) is 3.31. The van der Waals surface area contributed by atoms with Crippen molar-refractivity contribution in [2.45, 2.75) is 17.9 Å². The van der Waals surface area contributed by atoms with Gasteiger partial charge in [0, 0.05) is 24.4 Å². The summed E-state index contributed by atoms with van der Waals surface area (Å²) in [5.74, 6) is 1.40. The standard InChI is InChI=1S/C19H14Cl2N4O2S/c20-13-3-1-4-14(21)18(13)28-24-19-16-15(27-23-19)9-11(10-25-7-2-6-22-25)12-5-8-26-17(12)16/h1-4,6-7,9H,5,8,10H2,(H,23,24). The molecule has 0 radical (unpaired) electrons. The molecule has 28 heavy (non-hydrogen) atoms. The summed E-state index contributed by atoms with van der Waals surface area (Å²) in [7, 11) is 0. The first-order valence-corrected chi connectivity index (χ1v) is 10.2. The SMILES string of the molecule is Clc1cccc(Cl)c1SNc1noc2cc(Cn3cccn3)c3c(c12)OCC3. The van der Waals surface area contributed by atoms with Gasteiger partial charge in [0.05, 0.1) is 28.1 Å². The second-order valence-corrected chi connectivity index (χ2v) is 7.94. The van der Waals surface area contributed by atoms with Gasteiger partial charge in [-0.15, -0.1) is 0 Å². The van der Waals surface area contributed by atoms with Crippen LogP contribution in [0.15, 0.2) is 52.1 Å². The Morgan fingerprint density at radius 2 is 2.07 bits per heavy atom. The Morgan fingerprint density at radius 1 is 1.21 bits per heavy atom. The normalized spacial score (nSPS) is 12.9. The molecule has 5 rings (SSSR count). The lowest BCUT2D eigenvalue weighted by molar-refractivity contribution is 0.360. The van der Waals surface area contributed by atoms with E-state index in [4.69, 9.17) is 32.5 Å². The van der Waals surface area contributed by atoms with Crippen molar-refractivity contribution >= 4 is 51.9 Å². The molecule has 3 heterocycles. The van der Waals surface area contributed by atoms with Gasteiger partial charge in [-0.05, 0) is 41.8 Å². The number of anilines is 1. The van der Waals surface area contributed by atoms with Gasteiger partial charge < -0.3 is 14.0 Å². The minimum atomic E-state index is 0.570. The predicted molar refractivity (Wildman–Crippen MR) is 110 cm³/mol. The van der Waals surface area contributed by atoms with Gasteiger partial charge in [0.15, 0.2) is 11.4 Å². The van der Waals surface area contributed by atoms with Gasteiger partial charge in [0.1, 0.15) is 11.1 Å². The average molecular weight is 433 g/mol. The Bertz CT molecular complexity index is 1140. The zero-order chi connectivity index (χ0) is 19.1. The van der Waals surface area contributed by atoms with Crippen LogP contribution < -0.4 is 9.46 Å². The molecule has 4 aromatic rings. The van der Waals surface area contributed by atoms with E-state index in [0.29, 0.717) is 34.6 Å². The fourth-order valence-corrected chi connectivity index (χ4v) is 4.61. The van der Waals surface area contributed by atoms with Crippen molar-refractivity contribution < 1.29 is 9.26 Å². The van der Waals surface area contributed by atoms with Crippen molar-refractivity contribution in [3.05, 3.63) is 63.9 Å². The van der Waals surface area contributed by atoms with Gasteiger partial charge in [-0.3, -0.25) is 4.68 Å². The highest BCUT2D eigenvalue weighted by Crippen LogP contribution is 2.43. The van der Waals surface area contributed by atoms with Crippen molar-refractivity contribution in [2.75, 3.05) is 11.3 Å². The molecule has 0 saturated carbocycles. The number of halogens is 2. The average Bonchev–Trinajstić information content (AvgIpc) is 3.41. The molecule has 0 atom stereocenters. The van der Waals surface area contributed by atoms with E-state index in [1.807, 2.05) is 29.1 Å². The number of nitrogens with one attached hydrogen (secondary N) is 1. The topological polar surface area (TPSA) is 65.1 Å². The minimum absolute atomic E-state index is 0.570. The van der Waals surface area contributed by atoms with E-state index < -0.39 is 0 Å². The molecule has 0 bridgehead atoms. The van der Waals surface area contributed by atoms with Crippen LogP contribution in [0.5, 0.6) is 5.75 Å². The first-order chi connectivity index (χ1) is 13.7. The van der Waals surface area contributed by atoms with Crippen LogP contribution in [0.2, 0.25) is 10.0 Å². The second kappa shape index (κ2) is 7.24. The molecule has 2 aromatic heterocycles. The van der Waals surface area contributed by atoms with E-state index in [1.165, 1.54) is 11.9 Å². The van der Waals surface area contributed by atoms with E-state index in [2.05, 4.69) is 15.0 Å². The van der Waals surface area contributed by atoms with Crippen LogP contribution in [0, 0.1) is 0 Å². The van der Waals surface area contributed by atoms with E-state index in [1.54, 1.807) is 18.3 Å². The first-order valence-electron chi connectivity index (χ1n) is 8.62. The molecular weight excluding hydrogens is 419 g/mol. The van der Waals surface area contributed by atoms with E-state index in [9.17, 15) is 0 Å². The van der Waals surface area contributed by atoms with Crippen LogP contribution in [-0.2, 0) is 13.0 Å². The lowest BCUT2D eigenvalue weighted by Crippen LogP contribution is -2.02. The lowest BCUT2D eigenvalue weighted by atomic mass is 10.0. The Hall–Kier alpha value is -2.35. The van der Waals surface area contributed by atoms with Gasteiger partial charge in [0.25, 0.3) is 0 Å². The molecule has 0 saturated heterocycles. The predicted octanol–water partition coefficient (Wildman–Crippen LogP) is 5.43. The van der Waals surface area contributed by atoms with Crippen molar-refractivity contribution in [1.29, 1.82) is 0 Å². The Morgan fingerprint density at radius 3 is 2.86 bits per heavy atom. The van der Waals surface area contributed by atoms with Crippen molar-refractivity contribution in [1.82, 2.24) is 14.9 Å². The Labute approximate surface area is 174 Å². The molecule has 2 aromatic carbocycles. The number of rotatable bonds is 5. The minimum Gasteiger partial charge on any atom is -0.492 e. The largest absolute Gasteiger partial charge is 0.492 e. The quantitative estimate of drug-likeness (QED) is 0.423. The van der Waals surface area contributed by atoms with Crippen LogP contribution in [0.25, 0.3) is 11.0 Å². The number of nitrogens with zero attached hydrogens (tertiary/aromatic N) is 3. The van der Waals surface area contributed by atoms with Gasteiger partial charge >= 0.3 is 0 Å². The fraction of sp³-hybridized carbons (Fsp3) is 0.158. The highest BCUT2D eigenvalue weighted by atomic mass is 35.5. The van der Waals surface area contributed by atoms with Crippen LogP contribution >= 0.6 is 35.1 Å². The molecule has 9 heteroatoms. The molecule has 0 amide bonds. The summed E-state index contributed by atoms with van der Waals surface area (Å²) in [4.78, 5) is 0.731. The molecular formula is C19H14Cl2N4O2S. The Balaban J connectivity index is 1.51. The maximum atomic E-state index is 6.25. The molecule has 1 aliphatic rings. The third-order valence-corrected chi connectivity index (χ3v) is 6.36. The van der Waals surface area contributed by atoms with E-state index in [-0.39, 0.29) is 0 Å². The molecule has 0 fully saturated rings. The smallest absolute Gasteiger partial charge is 0.191 e. The summed E-state index contributed by atoms with van der Waals surface area (Å²) >= 11 is 13.8. The van der Waals surface area contributed by atoms with Crippen molar-refractivity contribution in [3.8, 4) is 5.75 Å². The summed E-state index contributed by atoms with van der Waals surface area (Å²) < 4.78 is 16.6. The van der Waals surface area contributed by atoms with Crippen molar-refractivity contribution in [2.24, 2.45) is 0 Å². The van der Waals surface area contributed by atoms with Crippen LogP contribution in [-0.4, -0.2) is 21.5 Å². The van der Waals surface area contributed by atoms with Gasteiger partial charge in [-0.2, -0.15) is 5.10 Å². The molecule has 142 valence electrons. The third kappa shape index (κ3) is 3.09. The first kappa shape index (κ1) is 17.7. The summed E-state index contributed by atoms with van der Waals surface area (Å²) in [5, 5.41) is 10.4. The van der Waals surface area contributed by atoms with Gasteiger partial charge in [-0.25, -0.2) is 0 Å². The van der Waals surface area contributed by atoms with Gasteiger partial charge in [-0.1, -0.05) is 34.4 Å². The summed E-state index contributed by atoms with van der Waals surface area (Å²) in [6.07, 6.45) is 4.54. The summed E-state index contributed by atoms with van der Waals surface area (Å²) in [6, 6.07) is 9.31. The summed E-state index contributed by atoms with van der Waals surface area (Å²) in [5.41, 5.74) is 2.94. The molecule has 1 aliphatic heterocycles. The third-order valence-electron chi connectivity index (χ3n) is 4.57. The number of benzene rings is 2. The number of ether oxygens (including phenoxy) is 1. The molecule has 0 unspecified atom stereocenters. The van der Waals surface area contributed by atoms with Gasteiger partial charge in [0.2, 0.25) is 0 Å². The number of aromatic nitrogens is 3. The molecule has 6 nitrogen and oxygen atoms in total. The number of hydrogen-bond donors (Lipinski definition) is 1. The van der Waals surface area contributed by atoms with E-state index >= 15 is 0 Å². The maximum absolute atomic E-state index is 6.25. The van der Waals surface area contributed by atoms with Crippen LogP contribution in [0.3, 0.4) is 0 Å². The highest BCUT2D eigenvalue weighted by Gasteiger charge is 2.25. The lowest BCUT2D eigenvalue weighted by Gasteiger charge is -2.10. The van der Waals surface area contributed by atoms with E-state index in [0.717, 1.165) is 33.6 Å². The summed E-state index contributed by atoms with van der Waals surface area (Å²) in [6.45, 7) is 1.29. The maximum Gasteiger partial charge on any atom is 0.191 e. The number of hydrogen-bond acceptors (Lipinski definition) is 6. The second-order valence-electron chi connectivity index (χ2n) is 6.30. The molecule has 1 N–H and O–H groups in total. The highest BCUT2D eigenvalue weighted by molar-refractivity contribution is 8.00. The monoisotopic (exact) mass is 432 g/mol.